The molecule has 0 amide bonds. The Hall–Kier alpha value is -1.39. The van der Waals surface area contributed by atoms with Gasteiger partial charge in [-0.3, -0.25) is 0 Å². The number of hydrogen-bond donors (Lipinski definition) is 1. The van der Waals surface area contributed by atoms with Gasteiger partial charge in [-0.25, -0.2) is 4.79 Å². The van der Waals surface area contributed by atoms with Crippen molar-refractivity contribution in [3.05, 3.63) is 34.9 Å². The zero-order chi connectivity index (χ0) is 11.5. The van der Waals surface area contributed by atoms with Crippen molar-refractivity contribution in [1.29, 1.82) is 0 Å². The molecule has 1 heterocycles. The van der Waals surface area contributed by atoms with Crippen LogP contribution in [0, 0.1) is 0 Å². The van der Waals surface area contributed by atoms with Crippen molar-refractivity contribution < 1.29 is 19.4 Å². The highest BCUT2D eigenvalue weighted by molar-refractivity contribution is 5.76. The summed E-state index contributed by atoms with van der Waals surface area (Å²) in [7, 11) is 1.26. The molecular weight excluding hydrogens is 208 g/mol. The maximum absolute atomic E-state index is 11.2. The van der Waals surface area contributed by atoms with Crippen LogP contribution in [-0.4, -0.2) is 24.8 Å². The third-order valence-corrected chi connectivity index (χ3v) is 2.74. The van der Waals surface area contributed by atoms with Gasteiger partial charge in [0, 0.05) is 0 Å². The standard InChI is InChI=1S/C12H14O4/c1-15-12(14)11(13)9-3-2-8-4-5-16-7-10(8)6-9/h2-3,6,11,13H,4-5,7H2,1H3. The Kier molecular flexibility index (Phi) is 3.22. The Labute approximate surface area is 93.8 Å². The molecule has 16 heavy (non-hydrogen) atoms. The molecule has 1 unspecified atom stereocenters. The summed E-state index contributed by atoms with van der Waals surface area (Å²) >= 11 is 0. The topological polar surface area (TPSA) is 55.8 Å². The number of esters is 1. The number of methoxy groups -OCH3 is 1. The molecule has 2 rings (SSSR count). The molecule has 1 atom stereocenters. The molecule has 4 nitrogen and oxygen atoms in total. The molecule has 0 saturated carbocycles. The van der Waals surface area contributed by atoms with Crippen LogP contribution in [0.2, 0.25) is 0 Å². The van der Waals surface area contributed by atoms with E-state index in [0.717, 1.165) is 18.6 Å². The van der Waals surface area contributed by atoms with E-state index in [-0.39, 0.29) is 0 Å². The first-order valence-corrected chi connectivity index (χ1v) is 5.17. The molecule has 1 N–H and O–H groups in total. The predicted molar refractivity (Wildman–Crippen MR) is 56.8 cm³/mol. The number of carbonyl (C=O) groups excluding carboxylic acids is 1. The number of ether oxygens (including phenoxy) is 2. The van der Waals surface area contributed by atoms with Crippen LogP contribution in [0.5, 0.6) is 0 Å². The highest BCUT2D eigenvalue weighted by atomic mass is 16.5. The third kappa shape index (κ3) is 2.08. The van der Waals surface area contributed by atoms with Gasteiger partial charge in [0.05, 0.1) is 20.3 Å². The van der Waals surface area contributed by atoms with Gasteiger partial charge in [-0.15, -0.1) is 0 Å². The molecule has 0 bridgehead atoms. The molecule has 86 valence electrons. The van der Waals surface area contributed by atoms with Crippen LogP contribution in [0.3, 0.4) is 0 Å². The lowest BCUT2D eigenvalue weighted by Crippen LogP contribution is -2.15. The molecule has 0 aromatic heterocycles. The summed E-state index contributed by atoms with van der Waals surface area (Å²) in [5.41, 5.74) is 2.80. The van der Waals surface area contributed by atoms with E-state index < -0.39 is 12.1 Å². The van der Waals surface area contributed by atoms with E-state index in [1.54, 1.807) is 12.1 Å². The molecule has 1 aromatic rings. The summed E-state index contributed by atoms with van der Waals surface area (Å²) in [6.07, 6.45) is -0.332. The zero-order valence-corrected chi connectivity index (χ0v) is 9.10. The average molecular weight is 222 g/mol. The van der Waals surface area contributed by atoms with E-state index in [2.05, 4.69) is 4.74 Å². The number of aliphatic hydroxyl groups is 1. The molecule has 0 aliphatic carbocycles. The van der Waals surface area contributed by atoms with E-state index >= 15 is 0 Å². The Morgan fingerprint density at radius 3 is 3.06 bits per heavy atom. The van der Waals surface area contributed by atoms with Crippen LogP contribution < -0.4 is 0 Å². The summed E-state index contributed by atoms with van der Waals surface area (Å²) in [6.45, 7) is 1.27. The summed E-state index contributed by atoms with van der Waals surface area (Å²) in [5.74, 6) is -0.642. The molecule has 0 spiro atoms. The van der Waals surface area contributed by atoms with E-state index in [1.807, 2.05) is 6.07 Å². The molecule has 4 heteroatoms. The van der Waals surface area contributed by atoms with Crippen LogP contribution in [0.15, 0.2) is 18.2 Å². The monoisotopic (exact) mass is 222 g/mol. The lowest BCUT2D eigenvalue weighted by Gasteiger charge is -2.18. The Morgan fingerprint density at radius 2 is 2.31 bits per heavy atom. The van der Waals surface area contributed by atoms with Crippen molar-refractivity contribution in [1.82, 2.24) is 0 Å². The van der Waals surface area contributed by atoms with E-state index in [4.69, 9.17) is 4.74 Å². The van der Waals surface area contributed by atoms with Crippen LogP contribution in [0.25, 0.3) is 0 Å². The summed E-state index contributed by atoms with van der Waals surface area (Å²) in [5, 5.41) is 9.68. The van der Waals surface area contributed by atoms with Gasteiger partial charge in [-0.05, 0) is 23.1 Å². The minimum atomic E-state index is -1.21. The Morgan fingerprint density at radius 1 is 1.50 bits per heavy atom. The van der Waals surface area contributed by atoms with E-state index in [0.29, 0.717) is 12.2 Å². The number of aliphatic hydroxyl groups excluding tert-OH is 1. The van der Waals surface area contributed by atoms with E-state index in [1.165, 1.54) is 12.7 Å². The van der Waals surface area contributed by atoms with Gasteiger partial charge >= 0.3 is 5.97 Å². The summed E-state index contributed by atoms with van der Waals surface area (Å²) in [6, 6.07) is 5.49. The molecule has 0 fully saturated rings. The van der Waals surface area contributed by atoms with Crippen LogP contribution >= 0.6 is 0 Å². The zero-order valence-electron chi connectivity index (χ0n) is 9.10. The molecule has 0 saturated heterocycles. The first-order chi connectivity index (χ1) is 7.72. The fraction of sp³-hybridized carbons (Fsp3) is 0.417. The number of hydrogen-bond acceptors (Lipinski definition) is 4. The van der Waals surface area contributed by atoms with Crippen molar-refractivity contribution >= 4 is 5.97 Å². The van der Waals surface area contributed by atoms with Gasteiger partial charge in [-0.2, -0.15) is 0 Å². The highest BCUT2D eigenvalue weighted by Gasteiger charge is 2.19. The van der Waals surface area contributed by atoms with Gasteiger partial charge < -0.3 is 14.6 Å². The van der Waals surface area contributed by atoms with Crippen LogP contribution in [0.4, 0.5) is 0 Å². The smallest absolute Gasteiger partial charge is 0.339 e. The first-order valence-electron chi connectivity index (χ1n) is 5.17. The van der Waals surface area contributed by atoms with Crippen molar-refractivity contribution in [2.45, 2.75) is 19.1 Å². The highest BCUT2D eigenvalue weighted by Crippen LogP contribution is 2.22. The van der Waals surface area contributed by atoms with Crippen molar-refractivity contribution in [2.75, 3.05) is 13.7 Å². The predicted octanol–water partition coefficient (Wildman–Crippen LogP) is 0.966. The summed E-state index contributed by atoms with van der Waals surface area (Å²) < 4.78 is 9.81. The quantitative estimate of drug-likeness (QED) is 0.757. The molecular formula is C12H14O4. The average Bonchev–Trinajstić information content (AvgIpc) is 2.36. The summed E-state index contributed by atoms with van der Waals surface area (Å²) in [4.78, 5) is 11.2. The number of benzene rings is 1. The second kappa shape index (κ2) is 4.63. The Bertz CT molecular complexity index is 400. The van der Waals surface area contributed by atoms with Gasteiger partial charge in [-0.1, -0.05) is 18.2 Å². The second-order valence-corrected chi connectivity index (χ2v) is 3.76. The maximum Gasteiger partial charge on any atom is 0.339 e. The van der Waals surface area contributed by atoms with Gasteiger partial charge in [0.2, 0.25) is 0 Å². The molecule has 1 aliphatic rings. The molecule has 1 aromatic carbocycles. The van der Waals surface area contributed by atoms with Gasteiger partial charge in [0.25, 0.3) is 0 Å². The van der Waals surface area contributed by atoms with Crippen molar-refractivity contribution in [3.8, 4) is 0 Å². The Balaban J connectivity index is 2.26. The van der Waals surface area contributed by atoms with Crippen LogP contribution in [-0.2, 0) is 27.3 Å². The fourth-order valence-electron chi connectivity index (χ4n) is 1.81. The minimum absolute atomic E-state index is 0.539. The molecule has 0 radical (unpaired) electrons. The van der Waals surface area contributed by atoms with E-state index in [9.17, 15) is 9.90 Å². The minimum Gasteiger partial charge on any atom is -0.467 e. The first kappa shape index (κ1) is 11.1. The van der Waals surface area contributed by atoms with Gasteiger partial charge in [0.15, 0.2) is 6.10 Å². The lowest BCUT2D eigenvalue weighted by atomic mass is 9.98. The molecule has 1 aliphatic heterocycles. The van der Waals surface area contributed by atoms with Crippen molar-refractivity contribution in [2.24, 2.45) is 0 Å². The number of fused-ring (bicyclic) bond motifs is 1. The van der Waals surface area contributed by atoms with Crippen LogP contribution in [0.1, 0.15) is 22.8 Å². The number of rotatable bonds is 2. The lowest BCUT2D eigenvalue weighted by molar-refractivity contribution is -0.150. The second-order valence-electron chi connectivity index (χ2n) is 3.76. The number of carbonyl (C=O) groups is 1. The largest absolute Gasteiger partial charge is 0.467 e. The maximum atomic E-state index is 11.2. The SMILES string of the molecule is COC(=O)C(O)c1ccc2c(c1)COCC2. The van der Waals surface area contributed by atoms with Gasteiger partial charge in [0.1, 0.15) is 0 Å². The fourth-order valence-corrected chi connectivity index (χ4v) is 1.81. The normalized spacial score (nSPS) is 16.4. The third-order valence-electron chi connectivity index (χ3n) is 2.74. The van der Waals surface area contributed by atoms with Crippen molar-refractivity contribution in [3.63, 3.8) is 0 Å².